The average Bonchev–Trinajstić information content (AvgIpc) is 2.96. The summed E-state index contributed by atoms with van der Waals surface area (Å²) in [7, 11) is 0. The van der Waals surface area contributed by atoms with Crippen LogP contribution in [0.5, 0.6) is 0 Å². The summed E-state index contributed by atoms with van der Waals surface area (Å²) < 4.78 is 1.72. The van der Waals surface area contributed by atoms with E-state index < -0.39 is 5.97 Å². The molecule has 0 fully saturated rings. The second-order valence-electron chi connectivity index (χ2n) is 4.95. The van der Waals surface area contributed by atoms with Crippen LogP contribution in [0.4, 0.5) is 0 Å². The predicted octanol–water partition coefficient (Wildman–Crippen LogP) is 3.80. The smallest absolute Gasteiger partial charge is 0.356 e. The summed E-state index contributed by atoms with van der Waals surface area (Å²) in [6.07, 6.45) is 0.610. The third-order valence-corrected chi connectivity index (χ3v) is 3.59. The summed E-state index contributed by atoms with van der Waals surface area (Å²) in [5.41, 5.74) is 3.52. The number of hydrogen-bond donors (Lipinski definition) is 1. The van der Waals surface area contributed by atoms with E-state index >= 15 is 0 Å². The van der Waals surface area contributed by atoms with E-state index in [0.29, 0.717) is 6.42 Å². The molecule has 4 nitrogen and oxygen atoms in total. The first-order chi connectivity index (χ1) is 10.7. The number of rotatable bonds is 4. The molecule has 0 atom stereocenters. The van der Waals surface area contributed by atoms with Crippen molar-refractivity contribution >= 4 is 5.97 Å². The Labute approximate surface area is 128 Å². The zero-order valence-corrected chi connectivity index (χ0v) is 12.2. The topological polar surface area (TPSA) is 55.1 Å². The lowest BCUT2D eigenvalue weighted by molar-refractivity contribution is 0.0689. The maximum absolute atomic E-state index is 11.5. The molecule has 110 valence electrons. The fourth-order valence-electron chi connectivity index (χ4n) is 2.61. The molecule has 4 heteroatoms. The van der Waals surface area contributed by atoms with Crippen molar-refractivity contribution in [3.63, 3.8) is 0 Å². The van der Waals surface area contributed by atoms with Gasteiger partial charge in [-0.3, -0.25) is 0 Å². The first kappa shape index (κ1) is 14.1. The number of carboxylic acid groups (broad SMARTS) is 1. The van der Waals surface area contributed by atoms with Crippen LogP contribution in [0, 0.1) is 0 Å². The lowest BCUT2D eigenvalue weighted by Gasteiger charge is -2.09. The van der Waals surface area contributed by atoms with Gasteiger partial charge in [0.25, 0.3) is 0 Å². The minimum absolute atomic E-state index is 0.116. The molecule has 2 aromatic carbocycles. The number of hydrogen-bond acceptors (Lipinski definition) is 2. The Kier molecular flexibility index (Phi) is 3.74. The number of benzene rings is 2. The molecule has 0 aliphatic carbocycles. The van der Waals surface area contributed by atoms with E-state index in [0.717, 1.165) is 22.5 Å². The van der Waals surface area contributed by atoms with Crippen molar-refractivity contribution in [2.24, 2.45) is 0 Å². The monoisotopic (exact) mass is 292 g/mol. The molecule has 0 saturated heterocycles. The molecule has 0 radical (unpaired) electrons. The Hall–Kier alpha value is -2.88. The number of carboxylic acids is 1. The van der Waals surface area contributed by atoms with E-state index in [1.54, 1.807) is 4.68 Å². The minimum atomic E-state index is -0.997. The summed E-state index contributed by atoms with van der Waals surface area (Å²) in [4.78, 5) is 11.5. The third-order valence-electron chi connectivity index (χ3n) is 3.59. The Morgan fingerprint density at radius 2 is 1.64 bits per heavy atom. The molecule has 3 rings (SSSR count). The molecule has 0 unspecified atom stereocenters. The van der Waals surface area contributed by atoms with Crippen LogP contribution in [0.1, 0.15) is 23.0 Å². The maximum atomic E-state index is 11.5. The van der Waals surface area contributed by atoms with Gasteiger partial charge in [0, 0.05) is 11.1 Å². The van der Waals surface area contributed by atoms with Crippen LogP contribution in [0.3, 0.4) is 0 Å². The Morgan fingerprint density at radius 3 is 2.18 bits per heavy atom. The van der Waals surface area contributed by atoms with E-state index in [9.17, 15) is 9.90 Å². The van der Waals surface area contributed by atoms with Crippen LogP contribution in [0.2, 0.25) is 0 Å². The van der Waals surface area contributed by atoms with Gasteiger partial charge in [-0.25, -0.2) is 9.48 Å². The van der Waals surface area contributed by atoms with Gasteiger partial charge in [-0.1, -0.05) is 55.5 Å². The summed E-state index contributed by atoms with van der Waals surface area (Å²) in [6.45, 7) is 1.95. The van der Waals surface area contributed by atoms with Gasteiger partial charge in [-0.15, -0.1) is 0 Å². The van der Waals surface area contributed by atoms with Gasteiger partial charge in [-0.05, 0) is 18.6 Å². The zero-order chi connectivity index (χ0) is 15.5. The summed E-state index contributed by atoms with van der Waals surface area (Å²) in [5.74, 6) is -0.997. The lowest BCUT2D eigenvalue weighted by atomic mass is 10.0. The fraction of sp³-hybridized carbons (Fsp3) is 0.111. The van der Waals surface area contributed by atoms with Gasteiger partial charge < -0.3 is 5.11 Å². The minimum Gasteiger partial charge on any atom is -0.476 e. The third kappa shape index (κ3) is 2.39. The van der Waals surface area contributed by atoms with Gasteiger partial charge in [0.2, 0.25) is 0 Å². The predicted molar refractivity (Wildman–Crippen MR) is 85.3 cm³/mol. The van der Waals surface area contributed by atoms with E-state index in [1.165, 1.54) is 0 Å². The number of carbonyl (C=O) groups is 1. The van der Waals surface area contributed by atoms with Crippen LogP contribution < -0.4 is 0 Å². The maximum Gasteiger partial charge on any atom is 0.356 e. The Balaban J connectivity index is 2.32. The van der Waals surface area contributed by atoms with Gasteiger partial charge >= 0.3 is 5.97 Å². The summed E-state index contributed by atoms with van der Waals surface area (Å²) in [5, 5.41) is 13.8. The summed E-state index contributed by atoms with van der Waals surface area (Å²) in [6, 6.07) is 19.4. The molecule has 1 aromatic heterocycles. The van der Waals surface area contributed by atoms with Crippen molar-refractivity contribution in [1.29, 1.82) is 0 Å². The molecule has 1 N–H and O–H groups in total. The molecule has 0 aliphatic rings. The number of para-hydroxylation sites is 1. The molecule has 0 aliphatic heterocycles. The van der Waals surface area contributed by atoms with Gasteiger partial charge in [0.15, 0.2) is 5.69 Å². The number of aromatic carboxylic acids is 1. The van der Waals surface area contributed by atoms with Crippen LogP contribution in [-0.4, -0.2) is 20.9 Å². The normalized spacial score (nSPS) is 10.6. The largest absolute Gasteiger partial charge is 0.476 e. The Morgan fingerprint density at radius 1 is 1.05 bits per heavy atom. The molecule has 3 aromatic rings. The van der Waals surface area contributed by atoms with Crippen molar-refractivity contribution in [2.75, 3.05) is 0 Å². The van der Waals surface area contributed by atoms with Gasteiger partial charge in [0.1, 0.15) is 0 Å². The molecule has 0 spiro atoms. The molecule has 0 bridgehead atoms. The van der Waals surface area contributed by atoms with Crippen LogP contribution in [-0.2, 0) is 6.42 Å². The standard InChI is InChI=1S/C18H16N2O2/c1-2-15-16(18(21)22)19-20(14-11-7-4-8-12-14)17(15)13-9-5-3-6-10-13/h3-12H,2H2,1H3,(H,21,22). The SMILES string of the molecule is CCc1c(C(=O)O)nn(-c2ccccc2)c1-c1ccccc1. The zero-order valence-electron chi connectivity index (χ0n) is 12.2. The van der Waals surface area contributed by atoms with Crippen molar-refractivity contribution in [3.8, 4) is 16.9 Å². The Bertz CT molecular complexity index is 793. The highest BCUT2D eigenvalue weighted by Crippen LogP contribution is 2.29. The van der Waals surface area contributed by atoms with Crippen LogP contribution in [0.15, 0.2) is 60.7 Å². The first-order valence-electron chi connectivity index (χ1n) is 7.18. The molecule has 22 heavy (non-hydrogen) atoms. The molecule has 1 heterocycles. The van der Waals surface area contributed by atoms with Crippen molar-refractivity contribution < 1.29 is 9.90 Å². The van der Waals surface area contributed by atoms with Crippen molar-refractivity contribution in [2.45, 2.75) is 13.3 Å². The second-order valence-corrected chi connectivity index (χ2v) is 4.95. The van der Waals surface area contributed by atoms with Gasteiger partial charge in [-0.2, -0.15) is 5.10 Å². The number of nitrogens with zero attached hydrogens (tertiary/aromatic N) is 2. The van der Waals surface area contributed by atoms with E-state index in [4.69, 9.17) is 0 Å². The average molecular weight is 292 g/mol. The molecular weight excluding hydrogens is 276 g/mol. The van der Waals surface area contributed by atoms with E-state index in [1.807, 2.05) is 67.6 Å². The first-order valence-corrected chi connectivity index (χ1v) is 7.18. The lowest BCUT2D eigenvalue weighted by Crippen LogP contribution is -2.02. The van der Waals surface area contributed by atoms with Gasteiger partial charge in [0.05, 0.1) is 11.4 Å². The highest BCUT2D eigenvalue weighted by atomic mass is 16.4. The van der Waals surface area contributed by atoms with Crippen molar-refractivity contribution in [1.82, 2.24) is 9.78 Å². The molecular formula is C18H16N2O2. The van der Waals surface area contributed by atoms with Crippen LogP contribution in [0.25, 0.3) is 16.9 Å². The highest BCUT2D eigenvalue weighted by Gasteiger charge is 2.22. The summed E-state index contributed by atoms with van der Waals surface area (Å²) >= 11 is 0. The van der Waals surface area contributed by atoms with E-state index in [-0.39, 0.29) is 5.69 Å². The molecule has 0 amide bonds. The second kappa shape index (κ2) is 5.85. The van der Waals surface area contributed by atoms with Crippen LogP contribution >= 0.6 is 0 Å². The van der Waals surface area contributed by atoms with Crippen molar-refractivity contribution in [3.05, 3.63) is 71.9 Å². The fourth-order valence-corrected chi connectivity index (χ4v) is 2.61. The molecule has 0 saturated carbocycles. The highest BCUT2D eigenvalue weighted by molar-refractivity contribution is 5.90. The van der Waals surface area contributed by atoms with E-state index in [2.05, 4.69) is 5.10 Å². The number of aromatic nitrogens is 2. The quantitative estimate of drug-likeness (QED) is 0.795.